The van der Waals surface area contributed by atoms with Crippen molar-refractivity contribution in [1.82, 2.24) is 9.80 Å². The van der Waals surface area contributed by atoms with Crippen LogP contribution in [0, 0.1) is 5.92 Å². The molecule has 1 heterocycles. The van der Waals surface area contributed by atoms with Crippen LogP contribution in [0.4, 0.5) is 0 Å². The third kappa shape index (κ3) is 4.01. The lowest BCUT2D eigenvalue weighted by atomic mass is 10.1. The third-order valence-corrected chi connectivity index (χ3v) is 3.21. The maximum atomic E-state index is 4.17. The minimum atomic E-state index is 0.575. The van der Waals surface area contributed by atoms with E-state index in [1.165, 1.54) is 18.8 Å². The maximum absolute atomic E-state index is 4.17. The quantitative estimate of drug-likeness (QED) is 0.660. The van der Waals surface area contributed by atoms with Crippen molar-refractivity contribution in [1.29, 1.82) is 0 Å². The monoisotopic (exact) mass is 222 g/mol. The zero-order valence-corrected chi connectivity index (χ0v) is 11.1. The average molecular weight is 222 g/mol. The molecule has 16 heavy (non-hydrogen) atoms. The molecule has 0 N–H and O–H groups in total. The molecule has 1 aliphatic rings. The van der Waals surface area contributed by atoms with Crippen molar-refractivity contribution in [2.24, 2.45) is 5.92 Å². The van der Waals surface area contributed by atoms with Crippen molar-refractivity contribution in [3.63, 3.8) is 0 Å². The van der Waals surface area contributed by atoms with Gasteiger partial charge in [-0.1, -0.05) is 39.5 Å². The molecule has 0 aromatic carbocycles. The summed E-state index contributed by atoms with van der Waals surface area (Å²) in [5, 5.41) is 0. The van der Waals surface area contributed by atoms with Gasteiger partial charge >= 0.3 is 0 Å². The highest BCUT2D eigenvalue weighted by Crippen LogP contribution is 2.15. The summed E-state index contributed by atoms with van der Waals surface area (Å²) < 4.78 is 0. The van der Waals surface area contributed by atoms with Gasteiger partial charge in [-0.15, -0.1) is 0 Å². The van der Waals surface area contributed by atoms with Gasteiger partial charge in [0, 0.05) is 38.4 Å². The summed E-state index contributed by atoms with van der Waals surface area (Å²) in [5.41, 5.74) is 1.30. The van der Waals surface area contributed by atoms with Crippen LogP contribution >= 0.6 is 0 Å². The van der Waals surface area contributed by atoms with Crippen LogP contribution < -0.4 is 0 Å². The average Bonchev–Trinajstić information content (AvgIpc) is 2.29. The lowest BCUT2D eigenvalue weighted by Crippen LogP contribution is -2.46. The Morgan fingerprint density at radius 1 is 1.19 bits per heavy atom. The van der Waals surface area contributed by atoms with E-state index >= 15 is 0 Å². The molecule has 0 unspecified atom stereocenters. The second-order valence-electron chi connectivity index (χ2n) is 4.81. The molecular weight excluding hydrogens is 196 g/mol. The highest BCUT2D eigenvalue weighted by atomic mass is 15.3. The first kappa shape index (κ1) is 13.3. The zero-order valence-electron chi connectivity index (χ0n) is 11.1. The van der Waals surface area contributed by atoms with Crippen LogP contribution in [0.1, 0.15) is 27.2 Å². The van der Waals surface area contributed by atoms with Gasteiger partial charge in [-0.2, -0.15) is 0 Å². The van der Waals surface area contributed by atoms with E-state index in [4.69, 9.17) is 0 Å². The number of rotatable bonds is 5. The molecule has 1 saturated heterocycles. The van der Waals surface area contributed by atoms with Crippen LogP contribution in [-0.4, -0.2) is 42.5 Å². The van der Waals surface area contributed by atoms with Crippen molar-refractivity contribution >= 4 is 0 Å². The number of piperazine rings is 1. The molecule has 0 atom stereocenters. The van der Waals surface area contributed by atoms with E-state index in [1.54, 1.807) is 0 Å². The van der Waals surface area contributed by atoms with E-state index in [2.05, 4.69) is 49.3 Å². The van der Waals surface area contributed by atoms with E-state index in [0.717, 1.165) is 26.1 Å². The van der Waals surface area contributed by atoms with E-state index in [1.807, 2.05) is 0 Å². The molecule has 0 amide bonds. The summed E-state index contributed by atoms with van der Waals surface area (Å²) in [5.74, 6) is 0.575. The van der Waals surface area contributed by atoms with Crippen LogP contribution in [-0.2, 0) is 0 Å². The van der Waals surface area contributed by atoms with Crippen molar-refractivity contribution in [3.05, 3.63) is 24.4 Å². The zero-order chi connectivity index (χ0) is 12.0. The Labute approximate surface area is 101 Å². The van der Waals surface area contributed by atoms with E-state index in [0.29, 0.717) is 5.92 Å². The van der Waals surface area contributed by atoms with Gasteiger partial charge in [0.1, 0.15) is 0 Å². The fourth-order valence-corrected chi connectivity index (χ4v) is 1.97. The summed E-state index contributed by atoms with van der Waals surface area (Å²) in [6.07, 6.45) is 5.68. The van der Waals surface area contributed by atoms with E-state index in [9.17, 15) is 0 Å². The fourth-order valence-electron chi connectivity index (χ4n) is 1.97. The Morgan fingerprint density at radius 3 is 2.31 bits per heavy atom. The van der Waals surface area contributed by atoms with Crippen molar-refractivity contribution in [2.45, 2.75) is 27.2 Å². The van der Waals surface area contributed by atoms with E-state index in [-0.39, 0.29) is 0 Å². The Morgan fingerprint density at radius 2 is 1.81 bits per heavy atom. The first-order chi connectivity index (χ1) is 7.65. The minimum absolute atomic E-state index is 0.575. The predicted molar refractivity (Wildman–Crippen MR) is 71.4 cm³/mol. The van der Waals surface area contributed by atoms with Gasteiger partial charge in [-0.25, -0.2) is 0 Å². The second-order valence-corrected chi connectivity index (χ2v) is 4.81. The summed E-state index contributed by atoms with van der Waals surface area (Å²) in [6.45, 7) is 16.5. The molecule has 0 aliphatic carbocycles. The standard InChI is InChI=1S/C14H26N2/c1-5-6-7-8-15-9-11-16(12-10-15)14(4)13(2)3/h6-7,13H,4-5,8-12H2,1-3H3. The summed E-state index contributed by atoms with van der Waals surface area (Å²) in [7, 11) is 0. The molecular formula is C14H26N2. The first-order valence-corrected chi connectivity index (χ1v) is 6.46. The topological polar surface area (TPSA) is 6.48 Å². The number of allylic oxidation sites excluding steroid dienone is 2. The van der Waals surface area contributed by atoms with Gasteiger partial charge in [-0.05, 0) is 12.3 Å². The summed E-state index contributed by atoms with van der Waals surface area (Å²) >= 11 is 0. The third-order valence-electron chi connectivity index (χ3n) is 3.21. The van der Waals surface area contributed by atoms with Crippen LogP contribution in [0.25, 0.3) is 0 Å². The lowest BCUT2D eigenvalue weighted by Gasteiger charge is -2.37. The highest BCUT2D eigenvalue weighted by molar-refractivity contribution is 4.99. The molecule has 0 aromatic rings. The Balaban J connectivity index is 2.28. The highest BCUT2D eigenvalue weighted by Gasteiger charge is 2.17. The largest absolute Gasteiger partial charge is 0.373 e. The second kappa shape index (κ2) is 6.74. The molecule has 0 radical (unpaired) electrons. The maximum Gasteiger partial charge on any atom is 0.0303 e. The van der Waals surface area contributed by atoms with Gasteiger partial charge in [0.05, 0.1) is 0 Å². The summed E-state index contributed by atoms with van der Waals surface area (Å²) in [4.78, 5) is 4.95. The molecule has 1 fully saturated rings. The molecule has 2 nitrogen and oxygen atoms in total. The molecule has 0 spiro atoms. The lowest BCUT2D eigenvalue weighted by molar-refractivity contribution is 0.163. The van der Waals surface area contributed by atoms with Crippen molar-refractivity contribution in [2.75, 3.05) is 32.7 Å². The minimum Gasteiger partial charge on any atom is -0.373 e. The number of nitrogens with zero attached hydrogens (tertiary/aromatic N) is 2. The number of hydrogen-bond acceptors (Lipinski definition) is 2. The van der Waals surface area contributed by atoms with Gasteiger partial charge in [0.15, 0.2) is 0 Å². The molecule has 92 valence electrons. The SMILES string of the molecule is C=C(C(C)C)N1CCN(CC=CCC)CC1. The van der Waals surface area contributed by atoms with Crippen LogP contribution in [0.3, 0.4) is 0 Å². The van der Waals surface area contributed by atoms with Crippen LogP contribution in [0.2, 0.25) is 0 Å². The van der Waals surface area contributed by atoms with Crippen LogP contribution in [0.5, 0.6) is 0 Å². The first-order valence-electron chi connectivity index (χ1n) is 6.46. The Hall–Kier alpha value is -0.760. The van der Waals surface area contributed by atoms with E-state index < -0.39 is 0 Å². The molecule has 0 aromatic heterocycles. The van der Waals surface area contributed by atoms with Crippen LogP contribution in [0.15, 0.2) is 24.4 Å². The molecule has 2 heteroatoms. The predicted octanol–water partition coefficient (Wildman–Crippen LogP) is 2.74. The molecule has 0 saturated carbocycles. The van der Waals surface area contributed by atoms with Crippen molar-refractivity contribution < 1.29 is 0 Å². The van der Waals surface area contributed by atoms with Crippen molar-refractivity contribution in [3.8, 4) is 0 Å². The Kier molecular flexibility index (Phi) is 5.61. The Bertz CT molecular complexity index is 235. The fraction of sp³-hybridized carbons (Fsp3) is 0.714. The number of hydrogen-bond donors (Lipinski definition) is 0. The normalized spacial score (nSPS) is 18.6. The van der Waals surface area contributed by atoms with Gasteiger partial charge in [0.2, 0.25) is 0 Å². The summed E-state index contributed by atoms with van der Waals surface area (Å²) in [6, 6.07) is 0. The van der Waals surface area contributed by atoms with Gasteiger partial charge < -0.3 is 4.90 Å². The molecule has 1 aliphatic heterocycles. The van der Waals surface area contributed by atoms with Gasteiger partial charge in [-0.3, -0.25) is 4.90 Å². The van der Waals surface area contributed by atoms with Gasteiger partial charge in [0.25, 0.3) is 0 Å². The molecule has 1 rings (SSSR count). The molecule has 0 bridgehead atoms. The smallest absolute Gasteiger partial charge is 0.0303 e.